The summed E-state index contributed by atoms with van der Waals surface area (Å²) in [5.74, 6) is 0.593. The Bertz CT molecular complexity index is 642. The molecule has 0 aromatic heterocycles. The summed E-state index contributed by atoms with van der Waals surface area (Å²) < 4.78 is 0. The normalized spacial score (nSPS) is 22.1. The predicted molar refractivity (Wildman–Crippen MR) is 90.6 cm³/mol. The Morgan fingerprint density at radius 1 is 1.00 bits per heavy atom. The molecule has 0 heterocycles. The van der Waals surface area contributed by atoms with E-state index < -0.39 is 0 Å². The van der Waals surface area contributed by atoms with Crippen LogP contribution in [-0.2, 0) is 0 Å². The lowest BCUT2D eigenvalue weighted by Gasteiger charge is -2.17. The highest BCUT2D eigenvalue weighted by molar-refractivity contribution is 6.48. The molecular weight excluding hydrogens is 325 g/mol. The molecule has 1 nitrogen and oxygen atoms in total. The summed E-state index contributed by atoms with van der Waals surface area (Å²) in [6.45, 7) is 2.10. The van der Waals surface area contributed by atoms with Crippen LogP contribution in [0.5, 0.6) is 0 Å². The lowest BCUT2D eigenvalue weighted by atomic mass is 10.1. The molecule has 0 amide bonds. The number of hydrogen-bond acceptors (Lipinski definition) is 1. The summed E-state index contributed by atoms with van der Waals surface area (Å²) in [6, 6.07) is 15.0. The van der Waals surface area contributed by atoms with Crippen LogP contribution < -0.4 is 5.32 Å². The van der Waals surface area contributed by atoms with Crippen LogP contribution in [0.15, 0.2) is 42.5 Å². The van der Waals surface area contributed by atoms with Crippen molar-refractivity contribution in [3.63, 3.8) is 0 Å². The molecule has 4 heteroatoms. The van der Waals surface area contributed by atoms with Crippen molar-refractivity contribution >= 4 is 34.8 Å². The van der Waals surface area contributed by atoms with Gasteiger partial charge >= 0.3 is 0 Å². The van der Waals surface area contributed by atoms with Gasteiger partial charge in [0.1, 0.15) is 0 Å². The van der Waals surface area contributed by atoms with E-state index in [1.807, 2.05) is 12.1 Å². The molecule has 2 aromatic rings. The van der Waals surface area contributed by atoms with Crippen LogP contribution in [0, 0.1) is 0 Å². The van der Waals surface area contributed by atoms with Gasteiger partial charge in [-0.2, -0.15) is 0 Å². The Kier molecular flexibility index (Phi) is 4.46. The van der Waals surface area contributed by atoms with Crippen molar-refractivity contribution in [3.8, 4) is 0 Å². The minimum absolute atomic E-state index is 0.144. The van der Waals surface area contributed by atoms with Crippen LogP contribution >= 0.6 is 34.8 Å². The Hall–Kier alpha value is -0.730. The van der Waals surface area contributed by atoms with Gasteiger partial charge in [-0.25, -0.2) is 0 Å². The average molecular weight is 341 g/mol. The van der Waals surface area contributed by atoms with Crippen LogP contribution in [-0.4, -0.2) is 6.04 Å². The molecule has 21 heavy (non-hydrogen) atoms. The van der Waals surface area contributed by atoms with Crippen molar-refractivity contribution in [2.45, 2.75) is 31.3 Å². The second-order valence-corrected chi connectivity index (χ2v) is 6.68. The van der Waals surface area contributed by atoms with Gasteiger partial charge in [-0.3, -0.25) is 0 Å². The highest BCUT2D eigenvalue weighted by Crippen LogP contribution is 2.43. The Labute approximate surface area is 140 Å². The van der Waals surface area contributed by atoms with Crippen LogP contribution in [0.2, 0.25) is 15.1 Å². The largest absolute Gasteiger partial charge is 0.307 e. The molecule has 3 rings (SSSR count). The van der Waals surface area contributed by atoms with Gasteiger partial charge in [-0.05, 0) is 30.5 Å². The molecule has 1 saturated carbocycles. The van der Waals surface area contributed by atoms with E-state index in [2.05, 4.69) is 36.5 Å². The van der Waals surface area contributed by atoms with Gasteiger partial charge in [0.25, 0.3) is 0 Å². The van der Waals surface area contributed by atoms with Crippen LogP contribution in [0.4, 0.5) is 0 Å². The molecule has 1 fully saturated rings. The van der Waals surface area contributed by atoms with Gasteiger partial charge in [0, 0.05) is 18.0 Å². The fraction of sp³-hybridized carbons (Fsp3) is 0.294. The first-order valence-electron chi connectivity index (χ1n) is 7.02. The lowest BCUT2D eigenvalue weighted by molar-refractivity contribution is 0.563. The molecule has 3 unspecified atom stereocenters. The van der Waals surface area contributed by atoms with Crippen molar-refractivity contribution in [1.29, 1.82) is 0 Å². The maximum atomic E-state index is 6.29. The fourth-order valence-corrected chi connectivity index (χ4v) is 3.44. The van der Waals surface area contributed by atoms with Gasteiger partial charge < -0.3 is 5.32 Å². The smallest absolute Gasteiger partial charge is 0.0781 e. The molecule has 3 atom stereocenters. The molecule has 2 aromatic carbocycles. The number of halogens is 3. The van der Waals surface area contributed by atoms with E-state index in [4.69, 9.17) is 34.8 Å². The monoisotopic (exact) mass is 339 g/mol. The predicted octanol–water partition coefficient (Wildman–Crippen LogP) is 5.85. The highest BCUT2D eigenvalue weighted by atomic mass is 35.5. The molecule has 0 radical (unpaired) electrons. The highest BCUT2D eigenvalue weighted by Gasteiger charge is 2.39. The number of nitrogens with one attached hydrogen (secondary N) is 1. The molecular formula is C17H16Cl3N. The van der Waals surface area contributed by atoms with E-state index in [0.717, 1.165) is 12.0 Å². The van der Waals surface area contributed by atoms with Gasteiger partial charge in [-0.15, -0.1) is 0 Å². The van der Waals surface area contributed by atoms with Crippen molar-refractivity contribution in [2.24, 2.45) is 0 Å². The quantitative estimate of drug-likeness (QED) is 0.688. The second-order valence-electron chi connectivity index (χ2n) is 5.51. The zero-order valence-corrected chi connectivity index (χ0v) is 13.9. The van der Waals surface area contributed by atoms with Crippen LogP contribution in [0.3, 0.4) is 0 Å². The molecule has 1 N–H and O–H groups in total. The second kappa shape index (κ2) is 6.18. The number of hydrogen-bond donors (Lipinski definition) is 1. The molecule has 0 bridgehead atoms. The van der Waals surface area contributed by atoms with Crippen molar-refractivity contribution in [2.75, 3.05) is 0 Å². The summed E-state index contributed by atoms with van der Waals surface area (Å²) in [4.78, 5) is 0. The van der Waals surface area contributed by atoms with Crippen LogP contribution in [0.25, 0.3) is 0 Å². The molecule has 0 aliphatic heterocycles. The molecule has 1 aliphatic carbocycles. The van der Waals surface area contributed by atoms with E-state index in [1.165, 1.54) is 5.56 Å². The summed E-state index contributed by atoms with van der Waals surface area (Å²) in [5, 5.41) is 5.08. The lowest BCUT2D eigenvalue weighted by Crippen LogP contribution is -2.22. The van der Waals surface area contributed by atoms with Crippen molar-refractivity contribution in [1.82, 2.24) is 5.32 Å². The van der Waals surface area contributed by atoms with E-state index >= 15 is 0 Å². The first-order chi connectivity index (χ1) is 10.1. The van der Waals surface area contributed by atoms with Crippen molar-refractivity contribution in [3.05, 3.63) is 68.7 Å². The summed E-state index contributed by atoms with van der Waals surface area (Å²) >= 11 is 18.4. The molecule has 0 saturated heterocycles. The summed E-state index contributed by atoms with van der Waals surface area (Å²) in [5.41, 5.74) is 2.38. The van der Waals surface area contributed by atoms with E-state index in [9.17, 15) is 0 Å². The minimum Gasteiger partial charge on any atom is -0.307 e. The van der Waals surface area contributed by atoms with Gasteiger partial charge in [0.2, 0.25) is 0 Å². The number of benzene rings is 2. The maximum absolute atomic E-state index is 6.29. The van der Waals surface area contributed by atoms with Gasteiger partial charge in [-0.1, -0.05) is 71.2 Å². The maximum Gasteiger partial charge on any atom is 0.0781 e. The van der Waals surface area contributed by atoms with Crippen LogP contribution in [0.1, 0.15) is 36.4 Å². The third-order valence-corrected chi connectivity index (χ3v) is 5.32. The minimum atomic E-state index is 0.144. The number of rotatable bonds is 4. The topological polar surface area (TPSA) is 12.0 Å². The SMILES string of the molecule is CC(NC1CC1c1ccccc1)c1ccc(Cl)c(Cl)c1Cl. The third kappa shape index (κ3) is 3.22. The first-order valence-corrected chi connectivity index (χ1v) is 8.15. The van der Waals surface area contributed by atoms with Crippen molar-refractivity contribution < 1.29 is 0 Å². The first kappa shape index (κ1) is 15.2. The Balaban J connectivity index is 1.69. The van der Waals surface area contributed by atoms with E-state index in [0.29, 0.717) is 27.0 Å². The standard InChI is InChI=1S/C17H16Cl3N/c1-10(12-7-8-14(18)17(20)16(12)19)21-15-9-13(15)11-5-3-2-4-6-11/h2-8,10,13,15,21H,9H2,1H3. The summed E-state index contributed by atoms with van der Waals surface area (Å²) in [7, 11) is 0. The third-order valence-electron chi connectivity index (χ3n) is 4.01. The molecule has 0 spiro atoms. The van der Waals surface area contributed by atoms with E-state index in [1.54, 1.807) is 6.07 Å². The van der Waals surface area contributed by atoms with Gasteiger partial charge in [0.05, 0.1) is 15.1 Å². The average Bonchev–Trinajstić information content (AvgIpc) is 3.25. The Morgan fingerprint density at radius 2 is 1.71 bits per heavy atom. The Morgan fingerprint density at radius 3 is 2.43 bits per heavy atom. The summed E-state index contributed by atoms with van der Waals surface area (Å²) in [6.07, 6.45) is 1.16. The molecule has 110 valence electrons. The van der Waals surface area contributed by atoms with Gasteiger partial charge in [0.15, 0.2) is 0 Å². The fourth-order valence-electron chi connectivity index (χ4n) is 2.73. The van der Waals surface area contributed by atoms with E-state index in [-0.39, 0.29) is 6.04 Å². The molecule has 1 aliphatic rings. The zero-order valence-electron chi connectivity index (χ0n) is 11.6. The zero-order chi connectivity index (χ0) is 15.0.